The van der Waals surface area contributed by atoms with E-state index in [1.165, 1.54) is 0 Å². The van der Waals surface area contributed by atoms with Gasteiger partial charge in [-0.15, -0.1) is 6.42 Å². The number of urea groups is 1. The summed E-state index contributed by atoms with van der Waals surface area (Å²) < 4.78 is 10.7. The first-order valence-corrected chi connectivity index (χ1v) is 7.41. The third-order valence-corrected chi connectivity index (χ3v) is 3.28. The molecule has 0 fully saturated rings. The van der Waals surface area contributed by atoms with E-state index in [1.54, 1.807) is 50.2 Å². The van der Waals surface area contributed by atoms with Crippen LogP contribution in [-0.2, 0) is 5.60 Å². The lowest BCUT2D eigenvalue weighted by molar-refractivity contribution is 0.0364. The van der Waals surface area contributed by atoms with E-state index in [-0.39, 0.29) is 13.2 Å². The highest BCUT2D eigenvalue weighted by molar-refractivity contribution is 5.89. The number of benzene rings is 1. The van der Waals surface area contributed by atoms with Crippen molar-refractivity contribution >= 4 is 11.7 Å². The molecule has 0 saturated carbocycles. The van der Waals surface area contributed by atoms with E-state index in [4.69, 9.17) is 15.6 Å². The normalized spacial score (nSPS) is 12.8. The van der Waals surface area contributed by atoms with E-state index in [0.29, 0.717) is 23.0 Å². The Morgan fingerprint density at radius 3 is 2.88 bits per heavy atom. The number of rotatable bonds is 6. The van der Waals surface area contributed by atoms with E-state index >= 15 is 0 Å². The van der Waals surface area contributed by atoms with Gasteiger partial charge in [-0.3, -0.25) is 0 Å². The van der Waals surface area contributed by atoms with Crippen molar-refractivity contribution in [1.29, 1.82) is 0 Å². The van der Waals surface area contributed by atoms with Crippen LogP contribution in [0.15, 0.2) is 40.8 Å². The Balaban J connectivity index is 1.90. The Morgan fingerprint density at radius 2 is 2.21 bits per heavy atom. The summed E-state index contributed by atoms with van der Waals surface area (Å²) >= 11 is 0. The molecule has 0 aliphatic rings. The van der Waals surface area contributed by atoms with Crippen molar-refractivity contribution in [3.05, 3.63) is 47.9 Å². The van der Waals surface area contributed by atoms with Crippen LogP contribution >= 0.6 is 0 Å². The van der Waals surface area contributed by atoms with Gasteiger partial charge in [0, 0.05) is 11.8 Å². The van der Waals surface area contributed by atoms with Gasteiger partial charge in [0.1, 0.15) is 29.5 Å². The molecule has 0 saturated heterocycles. The maximum absolute atomic E-state index is 12.0. The summed E-state index contributed by atoms with van der Waals surface area (Å²) in [4.78, 5) is 12.0. The summed E-state index contributed by atoms with van der Waals surface area (Å²) in [5, 5.41) is 15.7. The number of nitrogens with one attached hydrogen (secondary N) is 2. The lowest BCUT2D eigenvalue weighted by Gasteiger charge is -2.21. The standard InChI is InChI=1S/C18H20N2O4/c1-4-10-23-15-7-5-6-14(11-15)20-17(21)19-12-18(3,22)16-9-8-13(2)24-16/h1,5-9,11,22H,10,12H2,2-3H3,(H2,19,20,21)/t18-/m1/s1. The molecule has 1 atom stereocenters. The molecule has 1 aromatic heterocycles. The maximum atomic E-state index is 12.0. The molecule has 126 valence electrons. The lowest BCUT2D eigenvalue weighted by Crippen LogP contribution is -2.40. The molecule has 6 heteroatoms. The Hall–Kier alpha value is -2.91. The van der Waals surface area contributed by atoms with Crippen molar-refractivity contribution in [2.24, 2.45) is 0 Å². The first-order valence-electron chi connectivity index (χ1n) is 7.41. The van der Waals surface area contributed by atoms with E-state index in [9.17, 15) is 9.90 Å². The van der Waals surface area contributed by atoms with Crippen molar-refractivity contribution in [3.8, 4) is 18.1 Å². The Morgan fingerprint density at radius 1 is 1.42 bits per heavy atom. The number of hydrogen-bond donors (Lipinski definition) is 3. The van der Waals surface area contributed by atoms with E-state index in [2.05, 4.69) is 16.6 Å². The first-order chi connectivity index (χ1) is 11.4. The zero-order valence-electron chi connectivity index (χ0n) is 13.6. The molecule has 2 rings (SSSR count). The fourth-order valence-corrected chi connectivity index (χ4v) is 2.03. The van der Waals surface area contributed by atoms with E-state index < -0.39 is 11.6 Å². The number of terminal acetylenes is 1. The van der Waals surface area contributed by atoms with E-state index in [1.807, 2.05) is 0 Å². The van der Waals surface area contributed by atoms with Crippen LogP contribution in [0.4, 0.5) is 10.5 Å². The topological polar surface area (TPSA) is 83.7 Å². The Labute approximate surface area is 140 Å². The van der Waals surface area contributed by atoms with Crippen LogP contribution in [0.25, 0.3) is 0 Å². The number of anilines is 1. The SMILES string of the molecule is C#CCOc1cccc(NC(=O)NC[C@@](C)(O)c2ccc(C)o2)c1. The summed E-state index contributed by atoms with van der Waals surface area (Å²) in [5.41, 5.74) is -0.751. The average molecular weight is 328 g/mol. The van der Waals surface area contributed by atoms with Crippen molar-refractivity contribution in [2.45, 2.75) is 19.4 Å². The van der Waals surface area contributed by atoms with Crippen LogP contribution in [-0.4, -0.2) is 24.3 Å². The second-order valence-corrected chi connectivity index (χ2v) is 5.51. The van der Waals surface area contributed by atoms with Crippen LogP contribution in [0, 0.1) is 19.3 Å². The van der Waals surface area contributed by atoms with Gasteiger partial charge in [-0.1, -0.05) is 12.0 Å². The van der Waals surface area contributed by atoms with Crippen LogP contribution in [0.3, 0.4) is 0 Å². The highest BCUT2D eigenvalue weighted by atomic mass is 16.5. The molecule has 0 aliphatic heterocycles. The predicted octanol–water partition coefficient (Wildman–Crippen LogP) is 2.63. The zero-order chi connectivity index (χ0) is 17.6. The summed E-state index contributed by atoms with van der Waals surface area (Å²) in [6.07, 6.45) is 5.14. The predicted molar refractivity (Wildman–Crippen MR) is 90.8 cm³/mol. The number of furan rings is 1. The van der Waals surface area contributed by atoms with Gasteiger partial charge < -0.3 is 24.9 Å². The van der Waals surface area contributed by atoms with Crippen molar-refractivity contribution in [3.63, 3.8) is 0 Å². The number of ether oxygens (including phenoxy) is 1. The molecular formula is C18H20N2O4. The number of aryl methyl sites for hydroxylation is 1. The van der Waals surface area contributed by atoms with Gasteiger partial charge in [0.15, 0.2) is 0 Å². The molecular weight excluding hydrogens is 308 g/mol. The molecule has 3 N–H and O–H groups in total. The van der Waals surface area contributed by atoms with Crippen LogP contribution in [0.2, 0.25) is 0 Å². The molecule has 1 heterocycles. The lowest BCUT2D eigenvalue weighted by atomic mass is 10.0. The fraction of sp³-hybridized carbons (Fsp3) is 0.278. The van der Waals surface area contributed by atoms with Crippen LogP contribution < -0.4 is 15.4 Å². The third-order valence-electron chi connectivity index (χ3n) is 3.28. The Kier molecular flexibility index (Phi) is 5.51. The minimum Gasteiger partial charge on any atom is -0.481 e. The zero-order valence-corrected chi connectivity index (χ0v) is 13.6. The van der Waals surface area contributed by atoms with Crippen molar-refractivity contribution < 1.29 is 19.1 Å². The van der Waals surface area contributed by atoms with Gasteiger partial charge in [-0.2, -0.15) is 0 Å². The summed E-state index contributed by atoms with van der Waals surface area (Å²) in [6.45, 7) is 3.51. The smallest absolute Gasteiger partial charge is 0.319 e. The van der Waals surface area contributed by atoms with Crippen molar-refractivity contribution in [1.82, 2.24) is 5.32 Å². The monoisotopic (exact) mass is 328 g/mol. The number of carbonyl (C=O) groups is 1. The molecule has 0 spiro atoms. The van der Waals surface area contributed by atoms with Gasteiger partial charge in [0.05, 0.1) is 6.54 Å². The van der Waals surface area contributed by atoms with Gasteiger partial charge in [-0.25, -0.2) is 4.79 Å². The second kappa shape index (κ2) is 7.57. The minimum atomic E-state index is -1.30. The number of carbonyl (C=O) groups excluding carboxylic acids is 1. The molecule has 0 unspecified atom stereocenters. The maximum Gasteiger partial charge on any atom is 0.319 e. The van der Waals surface area contributed by atoms with Gasteiger partial charge in [0.25, 0.3) is 0 Å². The van der Waals surface area contributed by atoms with Crippen LogP contribution in [0.5, 0.6) is 5.75 Å². The largest absolute Gasteiger partial charge is 0.481 e. The number of amides is 2. The number of hydrogen-bond acceptors (Lipinski definition) is 4. The minimum absolute atomic E-state index is 0.000922. The molecule has 0 aliphatic carbocycles. The molecule has 0 bridgehead atoms. The number of aliphatic hydroxyl groups is 1. The van der Waals surface area contributed by atoms with E-state index in [0.717, 1.165) is 0 Å². The van der Waals surface area contributed by atoms with Crippen molar-refractivity contribution in [2.75, 3.05) is 18.5 Å². The first kappa shape index (κ1) is 17.4. The third kappa shape index (κ3) is 4.80. The summed E-state index contributed by atoms with van der Waals surface area (Å²) in [6, 6.07) is 9.84. The molecule has 24 heavy (non-hydrogen) atoms. The highest BCUT2D eigenvalue weighted by Crippen LogP contribution is 2.22. The van der Waals surface area contributed by atoms with Gasteiger partial charge in [-0.05, 0) is 38.1 Å². The average Bonchev–Trinajstić information content (AvgIpc) is 2.99. The molecule has 6 nitrogen and oxygen atoms in total. The molecule has 2 aromatic rings. The Bertz CT molecular complexity index is 743. The van der Waals surface area contributed by atoms with Gasteiger partial charge in [0.2, 0.25) is 0 Å². The second-order valence-electron chi connectivity index (χ2n) is 5.51. The summed E-state index contributed by atoms with van der Waals surface area (Å²) in [5.74, 6) is 4.02. The molecule has 0 radical (unpaired) electrons. The van der Waals surface area contributed by atoms with Crippen LogP contribution in [0.1, 0.15) is 18.4 Å². The van der Waals surface area contributed by atoms with Gasteiger partial charge >= 0.3 is 6.03 Å². The quantitative estimate of drug-likeness (QED) is 0.712. The molecule has 2 amide bonds. The summed E-state index contributed by atoms with van der Waals surface area (Å²) in [7, 11) is 0. The molecule has 1 aromatic carbocycles. The fourth-order valence-electron chi connectivity index (χ4n) is 2.03. The highest BCUT2D eigenvalue weighted by Gasteiger charge is 2.27.